The minimum absolute atomic E-state index is 0.0470. The Labute approximate surface area is 165 Å². The molecule has 4 rings (SSSR count). The van der Waals surface area contributed by atoms with Gasteiger partial charge >= 0.3 is 12.1 Å². The lowest BCUT2D eigenvalue weighted by Gasteiger charge is -2.16. The first kappa shape index (κ1) is 19.6. The zero-order valence-electron chi connectivity index (χ0n) is 15.8. The van der Waals surface area contributed by atoms with Crippen LogP contribution in [0.15, 0.2) is 23.1 Å². The summed E-state index contributed by atoms with van der Waals surface area (Å²) in [7, 11) is 0. The Morgan fingerprint density at radius 1 is 1.23 bits per heavy atom. The number of alkyl halides is 3. The van der Waals surface area contributed by atoms with E-state index in [4.69, 9.17) is 5.11 Å². The molecule has 0 spiro atoms. The third-order valence-corrected chi connectivity index (χ3v) is 4.67. The summed E-state index contributed by atoms with van der Waals surface area (Å²) in [6.45, 7) is 3.24. The molecular weight excluding hydrogens is 405 g/mol. The molecule has 0 fully saturated rings. The normalized spacial score (nSPS) is 12.2. The number of carboxylic acid groups (broad SMARTS) is 1. The molecule has 12 heteroatoms. The highest BCUT2D eigenvalue weighted by molar-refractivity contribution is 5.82. The topological polar surface area (TPSA) is 118 Å². The van der Waals surface area contributed by atoms with E-state index in [1.54, 1.807) is 13.8 Å². The summed E-state index contributed by atoms with van der Waals surface area (Å²) in [5.41, 5.74) is -1.32. The van der Waals surface area contributed by atoms with Crippen molar-refractivity contribution in [2.75, 3.05) is 0 Å². The molecule has 0 unspecified atom stereocenters. The van der Waals surface area contributed by atoms with Gasteiger partial charge in [-0.1, -0.05) is 0 Å². The molecule has 0 aliphatic heterocycles. The van der Waals surface area contributed by atoms with E-state index in [2.05, 4.69) is 20.2 Å². The van der Waals surface area contributed by atoms with Crippen molar-refractivity contribution in [3.8, 4) is 5.69 Å². The zero-order valence-corrected chi connectivity index (χ0v) is 15.8. The van der Waals surface area contributed by atoms with Crippen LogP contribution < -0.4 is 5.56 Å². The number of H-pyrrole nitrogens is 1. The quantitative estimate of drug-likeness (QED) is 0.524. The number of benzene rings is 1. The van der Waals surface area contributed by atoms with Gasteiger partial charge in [0.25, 0.3) is 5.56 Å². The van der Waals surface area contributed by atoms with E-state index in [0.717, 1.165) is 6.07 Å². The molecule has 0 saturated heterocycles. The van der Waals surface area contributed by atoms with Gasteiger partial charge < -0.3 is 14.7 Å². The van der Waals surface area contributed by atoms with E-state index in [1.807, 2.05) is 0 Å². The van der Waals surface area contributed by atoms with E-state index in [9.17, 15) is 22.8 Å². The molecule has 0 amide bonds. The second-order valence-corrected chi connectivity index (χ2v) is 6.81. The number of carbonyl (C=O) groups is 1. The third kappa shape index (κ3) is 3.19. The highest BCUT2D eigenvalue weighted by Gasteiger charge is 2.35. The van der Waals surface area contributed by atoms with Gasteiger partial charge in [-0.15, -0.1) is 10.2 Å². The predicted octanol–water partition coefficient (Wildman–Crippen LogP) is 2.41. The first-order chi connectivity index (χ1) is 14.1. The van der Waals surface area contributed by atoms with Crippen LogP contribution in [0.25, 0.3) is 22.4 Å². The van der Waals surface area contributed by atoms with Crippen molar-refractivity contribution < 1.29 is 23.1 Å². The molecule has 0 bridgehead atoms. The number of fused-ring (bicyclic) bond motifs is 3. The van der Waals surface area contributed by atoms with E-state index >= 15 is 0 Å². The van der Waals surface area contributed by atoms with E-state index in [1.165, 1.54) is 21.2 Å². The number of hydrogen-bond acceptors (Lipinski definition) is 5. The summed E-state index contributed by atoms with van der Waals surface area (Å²) in [6.07, 6.45) is -3.54. The van der Waals surface area contributed by atoms with Crippen LogP contribution in [0.1, 0.15) is 29.3 Å². The Kier molecular flexibility index (Phi) is 4.36. The molecule has 0 atom stereocenters. The van der Waals surface area contributed by atoms with Crippen molar-refractivity contribution >= 4 is 22.6 Å². The highest BCUT2D eigenvalue weighted by atomic mass is 19.4. The molecule has 1 aromatic carbocycles. The van der Waals surface area contributed by atoms with Crippen molar-refractivity contribution in [3.05, 3.63) is 51.6 Å². The molecule has 0 aliphatic rings. The Hall–Kier alpha value is -3.70. The number of imidazole rings is 1. The van der Waals surface area contributed by atoms with Gasteiger partial charge in [0.1, 0.15) is 11.6 Å². The maximum Gasteiger partial charge on any atom is 0.418 e. The fourth-order valence-electron chi connectivity index (χ4n) is 3.43. The number of aliphatic carboxylic acids is 1. The fraction of sp³-hybridized carbons (Fsp3) is 0.278. The largest absolute Gasteiger partial charge is 0.481 e. The molecule has 9 nitrogen and oxygen atoms in total. The lowest BCUT2D eigenvalue weighted by atomic mass is 10.1. The molecule has 0 radical (unpaired) electrons. The summed E-state index contributed by atoms with van der Waals surface area (Å²) in [5, 5.41) is 16.6. The Balaban J connectivity index is 2.10. The second kappa shape index (κ2) is 6.68. The molecule has 2 N–H and O–H groups in total. The lowest BCUT2D eigenvalue weighted by Crippen LogP contribution is -2.16. The van der Waals surface area contributed by atoms with Crippen LogP contribution in [0, 0.1) is 13.8 Å². The highest BCUT2D eigenvalue weighted by Crippen LogP contribution is 2.36. The zero-order chi connectivity index (χ0) is 21.8. The van der Waals surface area contributed by atoms with Crippen LogP contribution in [0.5, 0.6) is 0 Å². The Morgan fingerprint density at radius 3 is 2.57 bits per heavy atom. The third-order valence-electron chi connectivity index (χ3n) is 4.67. The second-order valence-electron chi connectivity index (χ2n) is 6.81. The first-order valence-electron chi connectivity index (χ1n) is 8.82. The lowest BCUT2D eigenvalue weighted by molar-refractivity contribution is -0.138. The van der Waals surface area contributed by atoms with Gasteiger partial charge in [-0.25, -0.2) is 4.98 Å². The number of nitrogens with one attached hydrogen (secondary N) is 1. The fourth-order valence-corrected chi connectivity index (χ4v) is 3.43. The van der Waals surface area contributed by atoms with Crippen molar-refractivity contribution in [3.63, 3.8) is 0 Å². The van der Waals surface area contributed by atoms with E-state index in [-0.39, 0.29) is 41.0 Å². The molecular formula is C18H15F3N6O3. The van der Waals surface area contributed by atoms with E-state index in [0.29, 0.717) is 11.5 Å². The van der Waals surface area contributed by atoms with Gasteiger partial charge in [0, 0.05) is 12.6 Å². The number of hydrogen-bond donors (Lipinski definition) is 2. The average molecular weight is 420 g/mol. The Bertz CT molecular complexity index is 1370. The van der Waals surface area contributed by atoms with Gasteiger partial charge in [-0.05, 0) is 26.0 Å². The number of carboxylic acids is 1. The maximum atomic E-state index is 13.8. The van der Waals surface area contributed by atoms with Crippen LogP contribution in [0.4, 0.5) is 13.2 Å². The van der Waals surface area contributed by atoms with Gasteiger partial charge in [0.15, 0.2) is 0 Å². The van der Waals surface area contributed by atoms with Crippen molar-refractivity contribution in [2.45, 2.75) is 32.9 Å². The van der Waals surface area contributed by atoms with Crippen LogP contribution in [-0.2, 0) is 17.4 Å². The molecule has 3 aromatic heterocycles. The summed E-state index contributed by atoms with van der Waals surface area (Å²) >= 11 is 0. The van der Waals surface area contributed by atoms with Gasteiger partial charge in [-0.2, -0.15) is 13.2 Å². The minimum Gasteiger partial charge on any atom is -0.481 e. The van der Waals surface area contributed by atoms with Crippen molar-refractivity contribution in [1.82, 2.24) is 29.1 Å². The Morgan fingerprint density at radius 2 is 1.97 bits per heavy atom. The predicted molar refractivity (Wildman–Crippen MR) is 98.7 cm³/mol. The molecule has 156 valence electrons. The van der Waals surface area contributed by atoms with Crippen LogP contribution in [-0.4, -0.2) is 40.2 Å². The molecule has 0 aliphatic carbocycles. The van der Waals surface area contributed by atoms with Crippen LogP contribution in [0.2, 0.25) is 0 Å². The summed E-state index contributed by atoms with van der Waals surface area (Å²) in [6, 6.07) is 2.12. The summed E-state index contributed by atoms with van der Waals surface area (Å²) in [4.78, 5) is 29.8. The standard InChI is InChI=1S/C18H15F3N6O3/c1-8-7-26(9(2)22-8)12-6-13-11(5-10(12)18(19,20)21)23-17(30)16-25-24-14(27(13)16)3-4-15(28)29/h5-7H,3-4H2,1-2H3,(H,23,30)(H,28,29). The van der Waals surface area contributed by atoms with Gasteiger partial charge in [-0.3, -0.25) is 14.0 Å². The van der Waals surface area contributed by atoms with Crippen LogP contribution in [0.3, 0.4) is 0 Å². The van der Waals surface area contributed by atoms with Crippen molar-refractivity contribution in [2.24, 2.45) is 0 Å². The molecule has 3 heterocycles. The molecule has 0 saturated carbocycles. The SMILES string of the molecule is Cc1cn(-c2cc3c(cc2C(F)(F)F)[nH]c(=O)c2nnc(CCC(=O)O)n23)c(C)n1. The monoisotopic (exact) mass is 420 g/mol. The van der Waals surface area contributed by atoms with Crippen molar-refractivity contribution in [1.29, 1.82) is 0 Å². The number of aromatic amines is 1. The maximum absolute atomic E-state index is 13.8. The summed E-state index contributed by atoms with van der Waals surface area (Å²) < 4.78 is 44.1. The first-order valence-corrected chi connectivity index (χ1v) is 8.82. The smallest absolute Gasteiger partial charge is 0.418 e. The minimum atomic E-state index is -4.70. The van der Waals surface area contributed by atoms with Gasteiger partial charge in [0.05, 0.1) is 34.4 Å². The molecule has 30 heavy (non-hydrogen) atoms. The molecule has 4 aromatic rings. The summed E-state index contributed by atoms with van der Waals surface area (Å²) in [5.74, 6) is -0.564. The average Bonchev–Trinajstić information content (AvgIpc) is 3.22. The number of aryl methyl sites for hydroxylation is 3. The number of aromatic nitrogens is 6. The van der Waals surface area contributed by atoms with Gasteiger partial charge in [0.2, 0.25) is 5.65 Å². The van der Waals surface area contributed by atoms with E-state index < -0.39 is 23.3 Å². The van der Waals surface area contributed by atoms with Crippen LogP contribution >= 0.6 is 0 Å². The number of halogens is 3. The number of nitrogens with zero attached hydrogens (tertiary/aromatic N) is 5. The number of rotatable bonds is 4.